The Morgan fingerprint density at radius 1 is 1.11 bits per heavy atom. The topological polar surface area (TPSA) is 73.9 Å². The van der Waals surface area contributed by atoms with Crippen LogP contribution in [-0.2, 0) is 0 Å². The van der Waals surface area contributed by atoms with Crippen LogP contribution in [0.1, 0.15) is 0 Å². The Hall–Kier alpha value is -2.76. The lowest BCUT2D eigenvalue weighted by atomic mass is 10.2. The summed E-state index contributed by atoms with van der Waals surface area (Å²) in [6.45, 7) is 0. The van der Waals surface area contributed by atoms with Crippen LogP contribution in [0.5, 0.6) is 11.6 Å². The molecule has 0 aliphatic heterocycles. The number of nitrogen functional groups attached to an aromatic ring is 1. The zero-order valence-electron chi connectivity index (χ0n) is 9.75. The van der Waals surface area contributed by atoms with Crippen LogP contribution < -0.4 is 10.5 Å². The zero-order chi connectivity index (χ0) is 13.2. The lowest BCUT2D eigenvalue weighted by molar-refractivity contribution is 0.420. The summed E-state index contributed by atoms with van der Waals surface area (Å²) in [7, 11) is 0. The third-order valence-electron chi connectivity index (χ3n) is 2.51. The number of nitrogens with two attached hydrogens (primary N) is 1. The summed E-state index contributed by atoms with van der Waals surface area (Å²) < 4.78 is 18.8. The number of ether oxygens (including phenoxy) is 1. The van der Waals surface area contributed by atoms with Gasteiger partial charge in [-0.15, -0.1) is 0 Å². The number of halogens is 1. The Morgan fingerprint density at radius 2 is 1.95 bits per heavy atom. The number of para-hydroxylation sites is 1. The molecule has 0 aliphatic carbocycles. The number of hydrogen-bond acceptors (Lipinski definition) is 5. The molecule has 0 fully saturated rings. The molecule has 19 heavy (non-hydrogen) atoms. The molecule has 0 spiro atoms. The van der Waals surface area contributed by atoms with Crippen molar-refractivity contribution in [2.75, 3.05) is 5.73 Å². The Labute approximate surface area is 107 Å². The van der Waals surface area contributed by atoms with Gasteiger partial charge in [-0.05, 0) is 12.1 Å². The van der Waals surface area contributed by atoms with Gasteiger partial charge < -0.3 is 10.5 Å². The number of anilines is 1. The lowest BCUT2D eigenvalue weighted by Crippen LogP contribution is -1.99. The van der Waals surface area contributed by atoms with E-state index < -0.39 is 5.82 Å². The molecule has 1 aromatic carbocycles. The van der Waals surface area contributed by atoms with Crippen LogP contribution in [0.4, 0.5) is 10.3 Å². The Morgan fingerprint density at radius 3 is 2.84 bits per heavy atom. The van der Waals surface area contributed by atoms with Gasteiger partial charge in [0.25, 0.3) is 5.88 Å². The maximum absolute atomic E-state index is 13.4. The van der Waals surface area contributed by atoms with Crippen LogP contribution in [0.3, 0.4) is 0 Å². The van der Waals surface area contributed by atoms with Crippen molar-refractivity contribution in [3.05, 3.63) is 48.5 Å². The van der Waals surface area contributed by atoms with Crippen molar-refractivity contribution in [1.82, 2.24) is 15.0 Å². The number of nitrogens with zero attached hydrogens (tertiary/aromatic N) is 3. The molecule has 0 unspecified atom stereocenters. The van der Waals surface area contributed by atoms with Gasteiger partial charge in [0.2, 0.25) is 11.8 Å². The Bertz CT molecular complexity index is 748. The highest BCUT2D eigenvalue weighted by molar-refractivity contribution is 5.79. The molecular weight excluding hydrogens is 247 g/mol. The van der Waals surface area contributed by atoms with Gasteiger partial charge in [-0.3, -0.25) is 4.98 Å². The first kappa shape index (κ1) is 11.3. The minimum absolute atomic E-state index is 0.0508. The quantitative estimate of drug-likeness (QED) is 0.762. The van der Waals surface area contributed by atoms with E-state index in [1.165, 1.54) is 6.20 Å². The predicted octanol–water partition coefficient (Wildman–Crippen LogP) is 2.54. The van der Waals surface area contributed by atoms with Crippen molar-refractivity contribution in [2.45, 2.75) is 0 Å². The van der Waals surface area contributed by atoms with Crippen LogP contribution in [0.2, 0.25) is 0 Å². The summed E-state index contributed by atoms with van der Waals surface area (Å²) in [5.74, 6) is -0.562. The molecule has 2 aromatic heterocycles. The number of fused-ring (bicyclic) bond motifs is 1. The van der Waals surface area contributed by atoms with Crippen LogP contribution >= 0.6 is 0 Å². The van der Waals surface area contributed by atoms with E-state index in [-0.39, 0.29) is 11.8 Å². The number of aromatic nitrogens is 3. The third-order valence-corrected chi connectivity index (χ3v) is 2.51. The van der Waals surface area contributed by atoms with Gasteiger partial charge in [0.1, 0.15) is 5.75 Å². The van der Waals surface area contributed by atoms with E-state index in [1.54, 1.807) is 6.07 Å². The van der Waals surface area contributed by atoms with Crippen molar-refractivity contribution in [2.24, 2.45) is 0 Å². The average Bonchev–Trinajstić information content (AvgIpc) is 2.43. The molecule has 2 heterocycles. The van der Waals surface area contributed by atoms with Gasteiger partial charge in [0, 0.05) is 5.39 Å². The van der Waals surface area contributed by atoms with Crippen LogP contribution in [0.15, 0.2) is 42.7 Å². The number of benzene rings is 1. The largest absolute Gasteiger partial charge is 0.435 e. The highest BCUT2D eigenvalue weighted by atomic mass is 19.1. The molecule has 0 amide bonds. The fourth-order valence-corrected chi connectivity index (χ4v) is 1.65. The number of rotatable bonds is 2. The van der Waals surface area contributed by atoms with Gasteiger partial charge in [-0.25, -0.2) is 4.98 Å². The average molecular weight is 256 g/mol. The van der Waals surface area contributed by atoms with Gasteiger partial charge in [-0.1, -0.05) is 18.2 Å². The second kappa shape index (κ2) is 4.49. The maximum Gasteiger partial charge on any atom is 0.260 e. The molecule has 0 saturated carbocycles. The summed E-state index contributed by atoms with van der Waals surface area (Å²) in [6.07, 6.45) is 2.46. The van der Waals surface area contributed by atoms with Crippen molar-refractivity contribution in [3.63, 3.8) is 0 Å². The smallest absolute Gasteiger partial charge is 0.260 e. The fourth-order valence-electron chi connectivity index (χ4n) is 1.65. The molecule has 3 rings (SSSR count). The summed E-state index contributed by atoms with van der Waals surface area (Å²) in [6, 6.07) is 9.29. The minimum atomic E-state index is -0.678. The zero-order valence-corrected chi connectivity index (χ0v) is 9.75. The number of pyridine rings is 1. The summed E-state index contributed by atoms with van der Waals surface area (Å²) in [5.41, 5.74) is 6.22. The lowest BCUT2D eigenvalue weighted by Gasteiger charge is -2.06. The van der Waals surface area contributed by atoms with Crippen molar-refractivity contribution in [1.29, 1.82) is 0 Å². The first-order chi connectivity index (χ1) is 9.22. The molecule has 6 heteroatoms. The Kier molecular flexibility index (Phi) is 2.68. The molecule has 0 radical (unpaired) electrons. The molecular formula is C13H9FN4O. The maximum atomic E-state index is 13.4. The van der Waals surface area contributed by atoms with Crippen LogP contribution in [0, 0.1) is 5.82 Å². The minimum Gasteiger partial charge on any atom is -0.435 e. The second-order valence-corrected chi connectivity index (χ2v) is 3.85. The van der Waals surface area contributed by atoms with Gasteiger partial charge >= 0.3 is 0 Å². The molecule has 2 N–H and O–H groups in total. The van der Waals surface area contributed by atoms with Crippen LogP contribution in [-0.4, -0.2) is 15.0 Å². The van der Waals surface area contributed by atoms with Gasteiger partial charge in [0.15, 0.2) is 0 Å². The highest BCUT2D eigenvalue weighted by Crippen LogP contribution is 2.24. The van der Waals surface area contributed by atoms with E-state index >= 15 is 0 Å². The molecule has 0 aliphatic rings. The summed E-state index contributed by atoms with van der Waals surface area (Å²) in [4.78, 5) is 11.4. The predicted molar refractivity (Wildman–Crippen MR) is 68.2 cm³/mol. The molecule has 3 aromatic rings. The fraction of sp³-hybridized carbons (Fsp3) is 0. The van der Waals surface area contributed by atoms with E-state index in [4.69, 9.17) is 10.5 Å². The van der Waals surface area contributed by atoms with Crippen molar-refractivity contribution >= 4 is 16.9 Å². The molecule has 5 nitrogen and oxygen atoms in total. The SMILES string of the molecule is Nc1ncc(F)c(Oc2cnc3ccccc3c2)n1. The molecule has 94 valence electrons. The molecule has 0 saturated heterocycles. The van der Waals surface area contributed by atoms with E-state index in [0.29, 0.717) is 5.75 Å². The third kappa shape index (κ3) is 2.28. The van der Waals surface area contributed by atoms with Crippen molar-refractivity contribution < 1.29 is 9.13 Å². The monoisotopic (exact) mass is 256 g/mol. The first-order valence-corrected chi connectivity index (χ1v) is 5.53. The standard InChI is InChI=1S/C13H9FN4O/c14-10-7-17-13(15)18-12(10)19-9-5-8-3-1-2-4-11(8)16-6-9/h1-7H,(H2,15,17,18). The second-order valence-electron chi connectivity index (χ2n) is 3.85. The highest BCUT2D eigenvalue weighted by Gasteiger charge is 2.08. The summed E-state index contributed by atoms with van der Waals surface area (Å²) >= 11 is 0. The summed E-state index contributed by atoms with van der Waals surface area (Å²) in [5, 5.41) is 0.891. The van der Waals surface area contributed by atoms with E-state index in [1.807, 2.05) is 24.3 Å². The van der Waals surface area contributed by atoms with Gasteiger partial charge in [-0.2, -0.15) is 9.37 Å². The number of hydrogen-bond donors (Lipinski definition) is 1. The first-order valence-electron chi connectivity index (χ1n) is 5.53. The molecule has 0 atom stereocenters. The molecule has 0 bridgehead atoms. The van der Waals surface area contributed by atoms with Gasteiger partial charge in [0.05, 0.1) is 17.9 Å². The van der Waals surface area contributed by atoms with Crippen molar-refractivity contribution in [3.8, 4) is 11.6 Å². The van der Waals surface area contributed by atoms with E-state index in [0.717, 1.165) is 17.1 Å². The van der Waals surface area contributed by atoms with E-state index in [2.05, 4.69) is 15.0 Å². The Balaban J connectivity index is 1.98. The van der Waals surface area contributed by atoms with E-state index in [9.17, 15) is 4.39 Å². The normalized spacial score (nSPS) is 10.6. The van der Waals surface area contributed by atoms with Crippen LogP contribution in [0.25, 0.3) is 10.9 Å².